The molecule has 2 atom stereocenters. The van der Waals surface area contributed by atoms with Crippen LogP contribution in [-0.4, -0.2) is 64.7 Å². The van der Waals surface area contributed by atoms with Crippen molar-refractivity contribution in [2.24, 2.45) is 11.5 Å². The number of carboxylic acids is 1. The second-order valence-electron chi connectivity index (χ2n) is 6.08. The van der Waals surface area contributed by atoms with E-state index in [1.54, 1.807) is 6.20 Å². The summed E-state index contributed by atoms with van der Waals surface area (Å²) in [5, 5.41) is 8.76. The molecule has 0 bridgehead atoms. The third-order valence-corrected chi connectivity index (χ3v) is 3.36. The lowest BCUT2D eigenvalue weighted by Gasteiger charge is -2.31. The van der Waals surface area contributed by atoms with Crippen LogP contribution in [-0.2, 0) is 22.4 Å². The number of aryl methyl sites for hydroxylation is 1. The predicted molar refractivity (Wildman–Crippen MR) is 77.2 cm³/mol. The molecule has 0 saturated carbocycles. The summed E-state index contributed by atoms with van der Waals surface area (Å²) in [7, 11) is 5.73. The van der Waals surface area contributed by atoms with E-state index in [4.69, 9.17) is 16.6 Å². The number of hydrogen-bond donors (Lipinski definition) is 4. The van der Waals surface area contributed by atoms with Crippen molar-refractivity contribution in [1.29, 1.82) is 0 Å². The lowest BCUT2D eigenvalue weighted by Crippen LogP contribution is -2.52. The number of amides is 1. The van der Waals surface area contributed by atoms with Crippen molar-refractivity contribution >= 4 is 11.9 Å². The summed E-state index contributed by atoms with van der Waals surface area (Å²) >= 11 is 0. The van der Waals surface area contributed by atoms with Crippen molar-refractivity contribution in [2.75, 3.05) is 21.1 Å². The second kappa shape index (κ2) is 6.68. The number of quaternary nitrogens is 1. The van der Waals surface area contributed by atoms with Gasteiger partial charge in [0.1, 0.15) is 11.9 Å². The van der Waals surface area contributed by atoms with Crippen molar-refractivity contribution in [2.45, 2.75) is 31.3 Å². The van der Waals surface area contributed by atoms with Crippen LogP contribution in [0, 0.1) is 0 Å². The van der Waals surface area contributed by atoms with E-state index < -0.39 is 12.0 Å². The minimum absolute atomic E-state index is 0.191. The van der Waals surface area contributed by atoms with Gasteiger partial charge in [0.2, 0.25) is 0 Å². The summed E-state index contributed by atoms with van der Waals surface area (Å²) in [5.74, 6) is -0.700. The predicted octanol–water partition coefficient (Wildman–Crippen LogP) is -1.14. The smallest absolute Gasteiger partial charge is 0.320 e. The number of rotatable bonds is 8. The highest BCUT2D eigenvalue weighted by Crippen LogP contribution is 2.11. The molecule has 6 N–H and O–H groups in total. The Bertz CT molecular complexity index is 506. The molecule has 118 valence electrons. The van der Waals surface area contributed by atoms with Crippen LogP contribution >= 0.6 is 0 Å². The summed E-state index contributed by atoms with van der Waals surface area (Å²) in [4.78, 5) is 29.4. The molecular weight excluding hydrogens is 274 g/mol. The van der Waals surface area contributed by atoms with E-state index in [9.17, 15) is 9.59 Å². The van der Waals surface area contributed by atoms with Crippen LogP contribution in [0.1, 0.15) is 17.9 Å². The number of H-pyrrole nitrogens is 1. The molecule has 8 nitrogen and oxygen atoms in total. The van der Waals surface area contributed by atoms with E-state index in [1.165, 1.54) is 0 Å². The number of aromatic amines is 1. The average Bonchev–Trinajstić information content (AvgIpc) is 2.74. The van der Waals surface area contributed by atoms with Crippen molar-refractivity contribution < 1.29 is 19.2 Å². The van der Waals surface area contributed by atoms with Crippen LogP contribution in [0.2, 0.25) is 0 Å². The fourth-order valence-corrected chi connectivity index (χ4v) is 2.15. The molecular formula is C13H24N5O3+. The summed E-state index contributed by atoms with van der Waals surface area (Å²) in [6, 6.07) is -1.26. The lowest BCUT2D eigenvalue weighted by molar-refractivity contribution is -0.886. The fraction of sp³-hybridized carbons (Fsp3) is 0.615. The first-order valence-electron chi connectivity index (χ1n) is 6.73. The number of aromatic nitrogens is 2. The highest BCUT2D eigenvalue weighted by atomic mass is 16.4. The third kappa shape index (κ3) is 5.16. The molecule has 0 spiro atoms. The van der Waals surface area contributed by atoms with E-state index >= 15 is 0 Å². The number of carbonyl (C=O) groups excluding carboxylic acids is 1. The number of carbonyl (C=O) groups is 2. The zero-order valence-electron chi connectivity index (χ0n) is 12.7. The van der Waals surface area contributed by atoms with Gasteiger partial charge in [0.05, 0.1) is 21.1 Å². The maximum atomic E-state index is 11.5. The molecule has 0 radical (unpaired) electrons. The topological polar surface area (TPSA) is 135 Å². The van der Waals surface area contributed by atoms with Gasteiger partial charge in [0.25, 0.3) is 5.91 Å². The Morgan fingerprint density at radius 3 is 2.52 bits per heavy atom. The quantitative estimate of drug-likeness (QED) is 0.450. The number of nitrogens with two attached hydrogens (primary N) is 2. The number of primary amides is 1. The highest BCUT2D eigenvalue weighted by Gasteiger charge is 2.29. The Labute approximate surface area is 123 Å². The van der Waals surface area contributed by atoms with Crippen LogP contribution in [0.4, 0.5) is 0 Å². The Kier molecular flexibility index (Phi) is 5.45. The van der Waals surface area contributed by atoms with Crippen molar-refractivity contribution in [1.82, 2.24) is 9.97 Å². The maximum Gasteiger partial charge on any atom is 0.320 e. The standard InChI is InChI=1S/C13H23N5O3/c1-18(2,3)10(12(15)19)4-5-11-16-7-8(17-11)6-9(14)13(20)21/h7,9-10H,4-6,14H2,1-3H3,(H3-,15,16,17,19,20,21)/p+1. The first kappa shape index (κ1) is 17.1. The molecule has 2 unspecified atom stereocenters. The van der Waals surface area contributed by atoms with E-state index in [-0.39, 0.29) is 18.4 Å². The van der Waals surface area contributed by atoms with Gasteiger partial charge in [-0.05, 0) is 0 Å². The number of carboxylic acid groups (broad SMARTS) is 1. The van der Waals surface area contributed by atoms with Gasteiger partial charge in [-0.2, -0.15) is 0 Å². The van der Waals surface area contributed by atoms with Crippen LogP contribution in [0.3, 0.4) is 0 Å². The Morgan fingerprint density at radius 2 is 2.05 bits per heavy atom. The van der Waals surface area contributed by atoms with Gasteiger partial charge in [-0.15, -0.1) is 0 Å². The normalized spacial score (nSPS) is 14.7. The van der Waals surface area contributed by atoms with Gasteiger partial charge < -0.3 is 26.0 Å². The molecule has 8 heteroatoms. The van der Waals surface area contributed by atoms with Crippen molar-refractivity contribution in [3.8, 4) is 0 Å². The van der Waals surface area contributed by atoms with Gasteiger partial charge in [0.15, 0.2) is 6.04 Å². The number of likely N-dealkylation sites (N-methyl/N-ethyl adjacent to an activating group) is 1. The van der Waals surface area contributed by atoms with Crippen LogP contribution in [0.25, 0.3) is 0 Å². The number of imidazole rings is 1. The van der Waals surface area contributed by atoms with E-state index in [0.29, 0.717) is 28.8 Å². The molecule has 21 heavy (non-hydrogen) atoms. The zero-order valence-corrected chi connectivity index (χ0v) is 12.7. The monoisotopic (exact) mass is 298 g/mol. The minimum atomic E-state index is -1.05. The SMILES string of the molecule is C[N+](C)(C)C(CCc1ncc(CC(N)C(=O)O)[nH]1)C(N)=O. The van der Waals surface area contributed by atoms with Crippen LogP contribution in [0.15, 0.2) is 6.20 Å². The molecule has 1 aromatic rings. The Balaban J connectivity index is 2.62. The molecule has 1 rings (SSSR count). The van der Waals surface area contributed by atoms with Crippen molar-refractivity contribution in [3.05, 3.63) is 17.7 Å². The molecule has 0 fully saturated rings. The molecule has 1 heterocycles. The number of nitrogens with one attached hydrogen (secondary N) is 1. The third-order valence-electron chi connectivity index (χ3n) is 3.36. The van der Waals surface area contributed by atoms with Gasteiger partial charge in [-0.1, -0.05) is 0 Å². The maximum absolute atomic E-state index is 11.5. The summed E-state index contributed by atoms with van der Waals surface area (Å²) < 4.78 is 0.451. The summed E-state index contributed by atoms with van der Waals surface area (Å²) in [5.41, 5.74) is 11.6. The van der Waals surface area contributed by atoms with E-state index in [1.807, 2.05) is 21.1 Å². The summed E-state index contributed by atoms with van der Waals surface area (Å²) in [6.07, 6.45) is 2.89. The highest BCUT2D eigenvalue weighted by molar-refractivity contribution is 5.78. The first-order valence-corrected chi connectivity index (χ1v) is 6.73. The molecule has 0 aliphatic heterocycles. The minimum Gasteiger partial charge on any atom is -0.480 e. The first-order chi connectivity index (χ1) is 9.61. The number of aliphatic carboxylic acids is 1. The largest absolute Gasteiger partial charge is 0.480 e. The van der Waals surface area contributed by atoms with Crippen LogP contribution in [0.5, 0.6) is 0 Å². The molecule has 1 amide bonds. The molecule has 0 aromatic carbocycles. The zero-order chi connectivity index (χ0) is 16.2. The second-order valence-corrected chi connectivity index (χ2v) is 6.08. The average molecular weight is 298 g/mol. The number of nitrogens with zero attached hydrogens (tertiary/aromatic N) is 2. The Hall–Kier alpha value is -1.93. The molecule has 0 aliphatic carbocycles. The van der Waals surface area contributed by atoms with E-state index in [0.717, 1.165) is 0 Å². The fourth-order valence-electron chi connectivity index (χ4n) is 2.15. The Morgan fingerprint density at radius 1 is 1.43 bits per heavy atom. The van der Waals surface area contributed by atoms with Crippen LogP contribution < -0.4 is 11.5 Å². The van der Waals surface area contributed by atoms with Crippen molar-refractivity contribution in [3.63, 3.8) is 0 Å². The number of hydrogen-bond acceptors (Lipinski definition) is 4. The van der Waals surface area contributed by atoms with E-state index in [2.05, 4.69) is 9.97 Å². The van der Waals surface area contributed by atoms with Gasteiger partial charge in [-0.3, -0.25) is 9.59 Å². The van der Waals surface area contributed by atoms with Gasteiger partial charge >= 0.3 is 5.97 Å². The molecule has 0 saturated heterocycles. The summed E-state index contributed by atoms with van der Waals surface area (Å²) in [6.45, 7) is 0. The molecule has 0 aliphatic rings. The van der Waals surface area contributed by atoms with Gasteiger partial charge in [0, 0.05) is 31.2 Å². The lowest BCUT2D eigenvalue weighted by atomic mass is 10.1. The molecule has 1 aromatic heterocycles. The van der Waals surface area contributed by atoms with Gasteiger partial charge in [-0.25, -0.2) is 4.98 Å².